The van der Waals surface area contributed by atoms with E-state index in [1.807, 2.05) is 0 Å². The van der Waals surface area contributed by atoms with E-state index in [4.69, 9.17) is 0 Å². The minimum atomic E-state index is -3.06. The predicted molar refractivity (Wildman–Crippen MR) is 66.8 cm³/mol. The van der Waals surface area contributed by atoms with Crippen molar-refractivity contribution >= 4 is 10.0 Å². The molecular formula is C11H22N2O2S. The van der Waals surface area contributed by atoms with Gasteiger partial charge in [0.2, 0.25) is 10.0 Å². The first-order valence-electron chi connectivity index (χ1n) is 5.97. The third kappa shape index (κ3) is 5.63. The summed E-state index contributed by atoms with van der Waals surface area (Å²) in [5, 5.41) is 3.22. The van der Waals surface area contributed by atoms with Crippen molar-refractivity contribution in [2.75, 3.05) is 25.4 Å². The molecule has 1 aliphatic rings. The first kappa shape index (κ1) is 13.7. The highest BCUT2D eigenvalue weighted by Gasteiger charge is 2.11. The van der Waals surface area contributed by atoms with Crippen LogP contribution in [0.3, 0.4) is 0 Å². The van der Waals surface area contributed by atoms with Crippen LogP contribution in [-0.2, 0) is 10.0 Å². The Labute approximate surface area is 98.6 Å². The maximum atomic E-state index is 11.3. The lowest BCUT2D eigenvalue weighted by molar-refractivity contribution is 0.446. The minimum absolute atomic E-state index is 0.170. The molecule has 0 fully saturated rings. The van der Waals surface area contributed by atoms with Gasteiger partial charge in [0.05, 0.1) is 5.75 Å². The summed E-state index contributed by atoms with van der Waals surface area (Å²) in [6, 6.07) is 0. The molecule has 0 amide bonds. The van der Waals surface area contributed by atoms with Gasteiger partial charge in [0, 0.05) is 13.1 Å². The van der Waals surface area contributed by atoms with Gasteiger partial charge in [0.25, 0.3) is 0 Å². The summed E-state index contributed by atoms with van der Waals surface area (Å²) in [5.74, 6) is 0.843. The van der Waals surface area contributed by atoms with E-state index < -0.39 is 10.0 Å². The molecule has 1 aliphatic carbocycles. The van der Waals surface area contributed by atoms with E-state index in [0.717, 1.165) is 19.4 Å². The van der Waals surface area contributed by atoms with Gasteiger partial charge in [-0.25, -0.2) is 13.1 Å². The Morgan fingerprint density at radius 3 is 2.81 bits per heavy atom. The van der Waals surface area contributed by atoms with E-state index in [0.29, 0.717) is 19.0 Å². The largest absolute Gasteiger partial charge is 0.315 e. The summed E-state index contributed by atoms with van der Waals surface area (Å²) in [6.45, 7) is 3.72. The summed E-state index contributed by atoms with van der Waals surface area (Å²) in [7, 11) is -3.06. The van der Waals surface area contributed by atoms with Crippen LogP contribution >= 0.6 is 0 Å². The third-order valence-corrected chi connectivity index (χ3v) is 4.19. The molecule has 0 aromatic rings. The van der Waals surface area contributed by atoms with Crippen LogP contribution in [0.25, 0.3) is 0 Å². The molecule has 0 aromatic heterocycles. The Hall–Kier alpha value is -0.390. The monoisotopic (exact) mass is 246 g/mol. The van der Waals surface area contributed by atoms with Crippen molar-refractivity contribution in [1.82, 2.24) is 10.0 Å². The van der Waals surface area contributed by atoms with E-state index in [9.17, 15) is 8.42 Å². The van der Waals surface area contributed by atoms with E-state index in [1.54, 1.807) is 6.92 Å². The van der Waals surface area contributed by atoms with Gasteiger partial charge < -0.3 is 5.32 Å². The molecule has 16 heavy (non-hydrogen) atoms. The van der Waals surface area contributed by atoms with Gasteiger partial charge in [0.1, 0.15) is 0 Å². The molecule has 2 N–H and O–H groups in total. The van der Waals surface area contributed by atoms with Gasteiger partial charge in [-0.3, -0.25) is 0 Å². The summed E-state index contributed by atoms with van der Waals surface area (Å²) < 4.78 is 25.1. The summed E-state index contributed by atoms with van der Waals surface area (Å²) >= 11 is 0. The van der Waals surface area contributed by atoms with Crippen molar-refractivity contribution in [2.24, 2.45) is 5.92 Å². The molecule has 0 heterocycles. The summed E-state index contributed by atoms with van der Waals surface area (Å²) in [6.07, 6.45) is 7.91. The number of allylic oxidation sites excluding steroid dienone is 2. The van der Waals surface area contributed by atoms with Crippen LogP contribution in [-0.4, -0.2) is 33.8 Å². The summed E-state index contributed by atoms with van der Waals surface area (Å²) in [5.41, 5.74) is 0. The molecule has 94 valence electrons. The van der Waals surface area contributed by atoms with Gasteiger partial charge in [-0.1, -0.05) is 19.1 Å². The van der Waals surface area contributed by atoms with Crippen molar-refractivity contribution in [3.05, 3.63) is 12.2 Å². The lowest BCUT2D eigenvalue weighted by atomic mass is 9.94. The molecule has 0 unspecified atom stereocenters. The zero-order valence-electron chi connectivity index (χ0n) is 9.91. The molecule has 0 aromatic carbocycles. The second-order valence-corrected chi connectivity index (χ2v) is 6.10. The Morgan fingerprint density at radius 2 is 2.19 bits per heavy atom. The quantitative estimate of drug-likeness (QED) is 0.518. The molecule has 5 heteroatoms. The van der Waals surface area contributed by atoms with E-state index >= 15 is 0 Å². The molecule has 0 aliphatic heterocycles. The highest BCUT2D eigenvalue weighted by Crippen LogP contribution is 2.16. The maximum absolute atomic E-state index is 11.3. The molecular weight excluding hydrogens is 224 g/mol. The number of sulfonamides is 1. The molecule has 0 saturated heterocycles. The van der Waals surface area contributed by atoms with Gasteiger partial charge in [0.15, 0.2) is 0 Å². The fourth-order valence-electron chi connectivity index (χ4n) is 1.85. The van der Waals surface area contributed by atoms with Crippen LogP contribution in [0.1, 0.15) is 26.2 Å². The summed E-state index contributed by atoms with van der Waals surface area (Å²) in [4.78, 5) is 0. The highest BCUT2D eigenvalue weighted by atomic mass is 32.2. The Balaban J connectivity index is 2.09. The number of rotatable bonds is 7. The topological polar surface area (TPSA) is 58.2 Å². The number of hydrogen-bond donors (Lipinski definition) is 2. The minimum Gasteiger partial charge on any atom is -0.315 e. The van der Waals surface area contributed by atoms with Crippen LogP contribution in [0.4, 0.5) is 0 Å². The third-order valence-electron chi connectivity index (χ3n) is 2.72. The average molecular weight is 246 g/mol. The fraction of sp³-hybridized carbons (Fsp3) is 0.818. The standard InChI is InChI=1S/C11H22N2O2S/c1-2-13-16(14,15)9-8-12-10-11-6-4-3-5-7-11/h3-4,11-13H,2,5-10H2,1H3/t11-/m0/s1. The van der Waals surface area contributed by atoms with Crippen molar-refractivity contribution < 1.29 is 8.42 Å². The molecule has 4 nitrogen and oxygen atoms in total. The molecule has 1 rings (SSSR count). The first-order chi connectivity index (χ1) is 7.64. The molecule has 1 atom stereocenters. The number of nitrogens with one attached hydrogen (secondary N) is 2. The van der Waals surface area contributed by atoms with Crippen molar-refractivity contribution in [2.45, 2.75) is 26.2 Å². The SMILES string of the molecule is CCNS(=O)(=O)CCNC[C@H]1CC=CCC1. The normalized spacial score (nSPS) is 21.2. The predicted octanol–water partition coefficient (Wildman–Crippen LogP) is 0.872. The molecule has 0 saturated carbocycles. The Morgan fingerprint density at radius 1 is 1.38 bits per heavy atom. The lowest BCUT2D eigenvalue weighted by Gasteiger charge is -2.18. The van der Waals surface area contributed by atoms with Crippen molar-refractivity contribution in [1.29, 1.82) is 0 Å². The van der Waals surface area contributed by atoms with Crippen LogP contribution in [0.15, 0.2) is 12.2 Å². The second kappa shape index (κ2) is 7.04. The van der Waals surface area contributed by atoms with Crippen LogP contribution in [0, 0.1) is 5.92 Å². The van der Waals surface area contributed by atoms with Crippen LogP contribution in [0.5, 0.6) is 0 Å². The van der Waals surface area contributed by atoms with Crippen molar-refractivity contribution in [3.8, 4) is 0 Å². The smallest absolute Gasteiger partial charge is 0.212 e. The van der Waals surface area contributed by atoms with Gasteiger partial charge >= 0.3 is 0 Å². The first-order valence-corrected chi connectivity index (χ1v) is 7.62. The Bertz CT molecular complexity index is 312. The highest BCUT2D eigenvalue weighted by molar-refractivity contribution is 7.89. The fourth-order valence-corrected chi connectivity index (χ4v) is 2.84. The zero-order chi connectivity index (χ0) is 11.9. The average Bonchev–Trinajstić information content (AvgIpc) is 2.26. The second-order valence-electron chi connectivity index (χ2n) is 4.17. The number of hydrogen-bond acceptors (Lipinski definition) is 3. The Kier molecular flexibility index (Phi) is 6.01. The van der Waals surface area contributed by atoms with Gasteiger partial charge in [-0.05, 0) is 31.7 Å². The molecule has 0 radical (unpaired) electrons. The van der Waals surface area contributed by atoms with Crippen molar-refractivity contribution in [3.63, 3.8) is 0 Å². The molecule has 0 spiro atoms. The van der Waals surface area contributed by atoms with Crippen LogP contribution in [0.2, 0.25) is 0 Å². The van der Waals surface area contributed by atoms with E-state index in [-0.39, 0.29) is 5.75 Å². The van der Waals surface area contributed by atoms with Gasteiger partial charge in [-0.2, -0.15) is 0 Å². The zero-order valence-corrected chi connectivity index (χ0v) is 10.7. The van der Waals surface area contributed by atoms with Crippen LogP contribution < -0.4 is 10.0 Å². The molecule has 0 bridgehead atoms. The van der Waals surface area contributed by atoms with E-state index in [2.05, 4.69) is 22.2 Å². The van der Waals surface area contributed by atoms with E-state index in [1.165, 1.54) is 6.42 Å². The van der Waals surface area contributed by atoms with Gasteiger partial charge in [-0.15, -0.1) is 0 Å². The lowest BCUT2D eigenvalue weighted by Crippen LogP contribution is -2.33. The maximum Gasteiger partial charge on any atom is 0.212 e.